The third-order valence-corrected chi connectivity index (χ3v) is 7.60. The summed E-state index contributed by atoms with van der Waals surface area (Å²) in [6.45, 7) is 9.26. The van der Waals surface area contributed by atoms with E-state index in [1.54, 1.807) is 4.90 Å². The van der Waals surface area contributed by atoms with Crippen LogP contribution in [-0.4, -0.2) is 70.2 Å². The van der Waals surface area contributed by atoms with Gasteiger partial charge in [0.2, 0.25) is 0 Å². The maximum atomic E-state index is 11.2. The van der Waals surface area contributed by atoms with Crippen LogP contribution >= 0.6 is 15.9 Å². The summed E-state index contributed by atoms with van der Waals surface area (Å²) in [6, 6.07) is 7.83. The van der Waals surface area contributed by atoms with Crippen LogP contribution in [0.2, 0.25) is 0 Å². The number of carbonyl (C=O) groups is 1. The Balaban J connectivity index is 1.41. The maximum Gasteiger partial charge on any atom is 0.407 e. The second kappa shape index (κ2) is 7.37. The van der Waals surface area contributed by atoms with Gasteiger partial charge in [-0.2, -0.15) is 0 Å². The highest BCUT2D eigenvalue weighted by atomic mass is 79.9. The molecule has 4 rings (SSSR count). The molecule has 148 valence electrons. The van der Waals surface area contributed by atoms with Crippen molar-refractivity contribution >= 4 is 22.0 Å². The second-order valence-electron chi connectivity index (χ2n) is 8.70. The molecule has 3 aliphatic rings. The van der Waals surface area contributed by atoms with Crippen LogP contribution in [0.4, 0.5) is 4.79 Å². The van der Waals surface area contributed by atoms with E-state index in [2.05, 4.69) is 57.8 Å². The first kappa shape index (κ1) is 19.2. The lowest BCUT2D eigenvalue weighted by molar-refractivity contribution is -0.0300. The molecule has 2 fully saturated rings. The van der Waals surface area contributed by atoms with Gasteiger partial charge >= 0.3 is 6.09 Å². The average Bonchev–Trinajstić information content (AvgIpc) is 3.04. The molecule has 0 aromatic heterocycles. The lowest BCUT2D eigenvalue weighted by Crippen LogP contribution is -2.62. The number of rotatable bonds is 2. The SMILES string of the molecule is CC1CN(C2(C)CCN(C(=O)O)CC2)CCN1C1CCc2cc(Br)ccc21. The first-order valence-corrected chi connectivity index (χ1v) is 10.9. The van der Waals surface area contributed by atoms with Crippen LogP contribution in [-0.2, 0) is 6.42 Å². The van der Waals surface area contributed by atoms with Crippen molar-refractivity contribution in [2.75, 3.05) is 32.7 Å². The number of amides is 1. The number of fused-ring (bicyclic) bond motifs is 1. The number of hydrogen-bond donors (Lipinski definition) is 1. The maximum absolute atomic E-state index is 11.2. The average molecular weight is 436 g/mol. The molecule has 2 aliphatic heterocycles. The lowest BCUT2D eigenvalue weighted by Gasteiger charge is -2.52. The third kappa shape index (κ3) is 3.64. The highest BCUT2D eigenvalue weighted by molar-refractivity contribution is 9.10. The molecule has 0 radical (unpaired) electrons. The molecular weight excluding hydrogens is 406 g/mol. The highest BCUT2D eigenvalue weighted by Crippen LogP contribution is 2.40. The molecule has 1 aromatic rings. The first-order valence-electron chi connectivity index (χ1n) is 10.1. The van der Waals surface area contributed by atoms with Gasteiger partial charge in [0, 0.05) is 54.8 Å². The number of likely N-dealkylation sites (tertiary alicyclic amines) is 1. The van der Waals surface area contributed by atoms with Gasteiger partial charge in [-0.05, 0) is 62.8 Å². The van der Waals surface area contributed by atoms with E-state index in [-0.39, 0.29) is 5.54 Å². The van der Waals surface area contributed by atoms with Crippen molar-refractivity contribution in [3.05, 3.63) is 33.8 Å². The Morgan fingerprint density at radius 3 is 2.63 bits per heavy atom. The summed E-state index contributed by atoms with van der Waals surface area (Å²) in [6.07, 6.45) is 3.50. The van der Waals surface area contributed by atoms with Gasteiger partial charge in [0.25, 0.3) is 0 Å². The van der Waals surface area contributed by atoms with Gasteiger partial charge in [-0.1, -0.05) is 22.0 Å². The molecule has 0 bridgehead atoms. The lowest BCUT2D eigenvalue weighted by atomic mass is 9.86. The van der Waals surface area contributed by atoms with Gasteiger partial charge in [0.15, 0.2) is 0 Å². The van der Waals surface area contributed by atoms with Crippen molar-refractivity contribution in [2.45, 2.75) is 57.2 Å². The van der Waals surface area contributed by atoms with E-state index in [1.807, 2.05) is 0 Å². The fraction of sp³-hybridized carbons (Fsp3) is 0.667. The van der Waals surface area contributed by atoms with Crippen LogP contribution in [0.15, 0.2) is 22.7 Å². The minimum absolute atomic E-state index is 0.130. The molecule has 2 atom stereocenters. The molecule has 6 heteroatoms. The predicted molar refractivity (Wildman–Crippen MR) is 110 cm³/mol. The minimum Gasteiger partial charge on any atom is -0.465 e. The molecular formula is C21H30BrN3O2. The number of halogens is 1. The molecule has 1 amide bonds. The minimum atomic E-state index is -0.776. The number of carboxylic acid groups (broad SMARTS) is 1. The Kier molecular flexibility index (Phi) is 5.25. The summed E-state index contributed by atoms with van der Waals surface area (Å²) in [5.41, 5.74) is 3.14. The topological polar surface area (TPSA) is 47.0 Å². The van der Waals surface area contributed by atoms with Gasteiger partial charge in [-0.25, -0.2) is 4.79 Å². The quantitative estimate of drug-likeness (QED) is 0.762. The molecule has 2 heterocycles. The van der Waals surface area contributed by atoms with Gasteiger partial charge in [-0.3, -0.25) is 9.80 Å². The smallest absolute Gasteiger partial charge is 0.407 e. The number of piperazine rings is 1. The molecule has 2 saturated heterocycles. The van der Waals surface area contributed by atoms with Gasteiger partial charge in [0.1, 0.15) is 0 Å². The normalized spacial score (nSPS) is 28.9. The van der Waals surface area contributed by atoms with Gasteiger partial charge in [-0.15, -0.1) is 0 Å². The zero-order valence-electron chi connectivity index (χ0n) is 16.3. The van der Waals surface area contributed by atoms with Crippen LogP contribution in [0, 0.1) is 0 Å². The summed E-state index contributed by atoms with van der Waals surface area (Å²) < 4.78 is 1.18. The van der Waals surface area contributed by atoms with Crippen molar-refractivity contribution in [3.8, 4) is 0 Å². The summed E-state index contributed by atoms with van der Waals surface area (Å²) in [4.78, 5) is 18.1. The van der Waals surface area contributed by atoms with E-state index in [4.69, 9.17) is 0 Å². The van der Waals surface area contributed by atoms with E-state index in [0.717, 1.165) is 32.5 Å². The zero-order chi connectivity index (χ0) is 19.2. The van der Waals surface area contributed by atoms with E-state index in [9.17, 15) is 9.90 Å². The molecule has 1 aliphatic carbocycles. The Bertz CT molecular complexity index is 717. The standard InChI is InChI=1S/C21H30BrN3O2/c1-15-14-24(21(2)7-9-23(10-8-21)20(26)27)11-12-25(15)19-6-3-16-13-17(22)4-5-18(16)19/h4-5,13,15,19H,3,6-12,14H2,1-2H3,(H,26,27). The third-order valence-electron chi connectivity index (χ3n) is 7.10. The second-order valence-corrected chi connectivity index (χ2v) is 9.61. The van der Waals surface area contributed by atoms with Crippen molar-refractivity contribution in [3.63, 3.8) is 0 Å². The molecule has 1 aromatic carbocycles. The van der Waals surface area contributed by atoms with E-state index < -0.39 is 6.09 Å². The summed E-state index contributed by atoms with van der Waals surface area (Å²) in [7, 11) is 0. The van der Waals surface area contributed by atoms with E-state index in [1.165, 1.54) is 28.4 Å². The van der Waals surface area contributed by atoms with Gasteiger partial charge in [0.05, 0.1) is 0 Å². The number of piperidine rings is 1. The largest absolute Gasteiger partial charge is 0.465 e. The Hall–Kier alpha value is -1.11. The van der Waals surface area contributed by atoms with Crippen LogP contribution in [0.3, 0.4) is 0 Å². The van der Waals surface area contributed by atoms with Crippen molar-refractivity contribution in [1.82, 2.24) is 14.7 Å². The number of aryl methyl sites for hydroxylation is 1. The summed E-state index contributed by atoms with van der Waals surface area (Å²) in [5.74, 6) is 0. The van der Waals surface area contributed by atoms with Crippen molar-refractivity contribution in [1.29, 1.82) is 0 Å². The van der Waals surface area contributed by atoms with Crippen molar-refractivity contribution < 1.29 is 9.90 Å². The van der Waals surface area contributed by atoms with E-state index >= 15 is 0 Å². The molecule has 0 spiro atoms. The van der Waals surface area contributed by atoms with Crippen molar-refractivity contribution in [2.24, 2.45) is 0 Å². The monoisotopic (exact) mass is 435 g/mol. The predicted octanol–water partition coefficient (Wildman–Crippen LogP) is 3.98. The molecule has 1 N–H and O–H groups in total. The van der Waals surface area contributed by atoms with Gasteiger partial charge < -0.3 is 10.0 Å². The number of benzene rings is 1. The Morgan fingerprint density at radius 2 is 1.96 bits per heavy atom. The van der Waals surface area contributed by atoms with E-state index in [0.29, 0.717) is 25.2 Å². The fourth-order valence-electron chi connectivity index (χ4n) is 5.33. The first-order chi connectivity index (χ1) is 12.9. The molecule has 2 unspecified atom stereocenters. The zero-order valence-corrected chi connectivity index (χ0v) is 17.9. The summed E-state index contributed by atoms with van der Waals surface area (Å²) >= 11 is 3.60. The van der Waals surface area contributed by atoms with Crippen LogP contribution in [0.1, 0.15) is 50.3 Å². The molecule has 5 nitrogen and oxygen atoms in total. The Morgan fingerprint density at radius 1 is 1.22 bits per heavy atom. The number of nitrogens with zero attached hydrogens (tertiary/aromatic N) is 3. The highest BCUT2D eigenvalue weighted by Gasteiger charge is 2.41. The van der Waals surface area contributed by atoms with Crippen LogP contribution in [0.5, 0.6) is 0 Å². The molecule has 27 heavy (non-hydrogen) atoms. The Labute approximate surface area is 170 Å². The molecule has 0 saturated carbocycles. The summed E-state index contributed by atoms with van der Waals surface area (Å²) in [5, 5.41) is 9.22. The number of hydrogen-bond acceptors (Lipinski definition) is 3. The fourth-order valence-corrected chi connectivity index (χ4v) is 5.74. The van der Waals surface area contributed by atoms with Crippen LogP contribution < -0.4 is 0 Å². The van der Waals surface area contributed by atoms with Crippen LogP contribution in [0.25, 0.3) is 0 Å².